The highest BCUT2D eigenvalue weighted by Crippen LogP contribution is 2.13. The Morgan fingerprint density at radius 3 is 2.00 bits per heavy atom. The summed E-state index contributed by atoms with van der Waals surface area (Å²) in [7, 11) is 0. The van der Waals surface area contributed by atoms with Gasteiger partial charge in [-0.25, -0.2) is 0 Å². The van der Waals surface area contributed by atoms with Crippen molar-refractivity contribution in [3.05, 3.63) is 0 Å². The molecular weight excluding hydrogens is 158 g/mol. The highest BCUT2D eigenvalue weighted by molar-refractivity contribution is 5.59. The first kappa shape index (κ1) is 12.7. The molecule has 0 aliphatic carbocycles. The van der Waals surface area contributed by atoms with Crippen molar-refractivity contribution in [2.24, 2.45) is 16.8 Å². The summed E-state index contributed by atoms with van der Waals surface area (Å²) >= 11 is 0. The maximum atomic E-state index is 4.48. The van der Waals surface area contributed by atoms with Gasteiger partial charge in [-0.3, -0.25) is 4.99 Å². The van der Waals surface area contributed by atoms with E-state index in [-0.39, 0.29) is 0 Å². The van der Waals surface area contributed by atoms with Gasteiger partial charge in [-0.2, -0.15) is 0 Å². The normalized spacial score (nSPS) is 12.2. The van der Waals surface area contributed by atoms with Gasteiger partial charge in [-0.1, -0.05) is 40.5 Å². The number of aliphatic imine (C=N–C) groups is 1. The molecule has 0 aromatic heterocycles. The summed E-state index contributed by atoms with van der Waals surface area (Å²) in [5.74, 6) is 1.42. The molecule has 0 aliphatic heterocycles. The molecule has 0 aliphatic rings. The van der Waals surface area contributed by atoms with E-state index in [4.69, 9.17) is 0 Å². The van der Waals surface area contributed by atoms with Crippen LogP contribution in [0.15, 0.2) is 4.99 Å². The van der Waals surface area contributed by atoms with E-state index in [0.29, 0.717) is 5.92 Å². The Kier molecular flexibility index (Phi) is 8.07. The van der Waals surface area contributed by atoms with E-state index < -0.39 is 0 Å². The molecule has 0 unspecified atom stereocenters. The van der Waals surface area contributed by atoms with Crippen LogP contribution in [0.3, 0.4) is 0 Å². The summed E-state index contributed by atoms with van der Waals surface area (Å²) in [6.45, 7) is 9.92. The van der Waals surface area contributed by atoms with Gasteiger partial charge in [0.2, 0.25) is 0 Å². The topological polar surface area (TPSA) is 12.4 Å². The van der Waals surface area contributed by atoms with Crippen molar-refractivity contribution in [2.45, 2.75) is 53.4 Å². The number of rotatable bonds is 7. The van der Waals surface area contributed by atoms with E-state index in [1.54, 1.807) is 0 Å². The summed E-state index contributed by atoms with van der Waals surface area (Å²) in [4.78, 5) is 4.48. The molecule has 0 saturated heterocycles. The van der Waals surface area contributed by atoms with Crippen molar-refractivity contribution in [1.82, 2.24) is 0 Å². The Morgan fingerprint density at radius 1 is 1.08 bits per heavy atom. The van der Waals surface area contributed by atoms with Gasteiger partial charge >= 0.3 is 0 Å². The van der Waals surface area contributed by atoms with Crippen LogP contribution in [-0.2, 0) is 0 Å². The van der Waals surface area contributed by atoms with E-state index >= 15 is 0 Å². The fraction of sp³-hybridized carbons (Fsp3) is 0.917. The summed E-state index contributed by atoms with van der Waals surface area (Å²) in [6, 6.07) is 0. The fourth-order valence-corrected chi connectivity index (χ4v) is 1.56. The smallest absolute Gasteiger partial charge is 0.0413 e. The van der Waals surface area contributed by atoms with Crippen LogP contribution in [0.25, 0.3) is 0 Å². The molecule has 0 fully saturated rings. The van der Waals surface area contributed by atoms with E-state index in [0.717, 1.165) is 12.5 Å². The number of hydrogen-bond acceptors (Lipinski definition) is 1. The van der Waals surface area contributed by atoms with Crippen LogP contribution in [0, 0.1) is 11.8 Å². The second kappa shape index (κ2) is 8.28. The molecule has 0 radical (unpaired) electrons. The zero-order valence-corrected chi connectivity index (χ0v) is 9.71. The van der Waals surface area contributed by atoms with Crippen LogP contribution in [0.5, 0.6) is 0 Å². The Labute approximate surface area is 83.6 Å². The van der Waals surface area contributed by atoms with Crippen molar-refractivity contribution < 1.29 is 0 Å². The lowest BCUT2D eigenvalue weighted by molar-refractivity contribution is 0.451. The molecule has 13 heavy (non-hydrogen) atoms. The Morgan fingerprint density at radius 2 is 1.62 bits per heavy atom. The summed E-state index contributed by atoms with van der Waals surface area (Å²) in [6.07, 6.45) is 7.34. The van der Waals surface area contributed by atoms with Crippen LogP contribution in [0.4, 0.5) is 0 Å². The molecule has 0 atom stereocenters. The minimum atomic E-state index is 0.601. The molecule has 78 valence electrons. The average molecular weight is 183 g/mol. The van der Waals surface area contributed by atoms with Crippen molar-refractivity contribution in [3.8, 4) is 0 Å². The van der Waals surface area contributed by atoms with Crippen molar-refractivity contribution in [2.75, 3.05) is 6.54 Å². The Hall–Kier alpha value is -0.330. The molecule has 1 nitrogen and oxygen atoms in total. The van der Waals surface area contributed by atoms with Gasteiger partial charge in [0.25, 0.3) is 0 Å². The predicted molar refractivity (Wildman–Crippen MR) is 61.5 cm³/mol. The molecule has 0 aromatic carbocycles. The van der Waals surface area contributed by atoms with E-state index in [9.17, 15) is 0 Å². The molecule has 0 rings (SSSR count). The van der Waals surface area contributed by atoms with Gasteiger partial charge in [0, 0.05) is 12.8 Å². The third kappa shape index (κ3) is 8.01. The average Bonchev–Trinajstić information content (AvgIpc) is 2.04. The maximum Gasteiger partial charge on any atom is 0.0413 e. The largest absolute Gasteiger partial charge is 0.297 e. The van der Waals surface area contributed by atoms with Crippen molar-refractivity contribution >= 4 is 6.21 Å². The monoisotopic (exact) mass is 183 g/mol. The lowest BCUT2D eigenvalue weighted by atomic mass is 9.98. The highest BCUT2D eigenvalue weighted by atomic mass is 14.7. The SMILES string of the molecule is CCCC(CCC)CN=CC(C)C. The minimum absolute atomic E-state index is 0.601. The second-order valence-corrected chi connectivity index (χ2v) is 4.20. The lowest BCUT2D eigenvalue weighted by Crippen LogP contribution is -2.04. The van der Waals surface area contributed by atoms with Gasteiger partial charge in [0.1, 0.15) is 0 Å². The molecule has 1 heteroatoms. The van der Waals surface area contributed by atoms with Gasteiger partial charge in [-0.15, -0.1) is 0 Å². The van der Waals surface area contributed by atoms with E-state index in [1.807, 2.05) is 0 Å². The highest BCUT2D eigenvalue weighted by Gasteiger charge is 2.04. The molecule has 0 aromatic rings. The molecule has 0 amide bonds. The van der Waals surface area contributed by atoms with Gasteiger partial charge < -0.3 is 0 Å². The Bertz CT molecular complexity index is 121. The van der Waals surface area contributed by atoms with Crippen LogP contribution < -0.4 is 0 Å². The van der Waals surface area contributed by atoms with Crippen LogP contribution >= 0.6 is 0 Å². The zero-order chi connectivity index (χ0) is 10.1. The first-order chi connectivity index (χ1) is 6.20. The second-order valence-electron chi connectivity index (χ2n) is 4.20. The van der Waals surface area contributed by atoms with Gasteiger partial charge in [-0.05, 0) is 24.7 Å². The maximum absolute atomic E-state index is 4.48. The molecule has 0 heterocycles. The van der Waals surface area contributed by atoms with Gasteiger partial charge in [0.05, 0.1) is 0 Å². The first-order valence-electron chi connectivity index (χ1n) is 5.70. The third-order valence-electron chi connectivity index (χ3n) is 2.16. The standard InChI is InChI=1S/C12H25N/c1-5-7-12(8-6-2)10-13-9-11(3)4/h9,11-12H,5-8,10H2,1-4H3. The zero-order valence-electron chi connectivity index (χ0n) is 9.71. The summed E-state index contributed by atoms with van der Waals surface area (Å²) < 4.78 is 0. The van der Waals surface area contributed by atoms with Crippen molar-refractivity contribution in [3.63, 3.8) is 0 Å². The molecule has 0 bridgehead atoms. The first-order valence-corrected chi connectivity index (χ1v) is 5.70. The fourth-order valence-electron chi connectivity index (χ4n) is 1.56. The van der Waals surface area contributed by atoms with Gasteiger partial charge in [0.15, 0.2) is 0 Å². The van der Waals surface area contributed by atoms with Crippen molar-refractivity contribution in [1.29, 1.82) is 0 Å². The van der Waals surface area contributed by atoms with E-state index in [1.165, 1.54) is 25.7 Å². The Balaban J connectivity index is 3.67. The molecule has 0 N–H and O–H groups in total. The number of nitrogens with zero attached hydrogens (tertiary/aromatic N) is 1. The molecule has 0 saturated carbocycles. The number of hydrogen-bond donors (Lipinski definition) is 0. The lowest BCUT2D eigenvalue weighted by Gasteiger charge is -2.11. The predicted octanol–water partition coefficient (Wildman–Crippen LogP) is 3.93. The van der Waals surface area contributed by atoms with Crippen LogP contribution in [0.2, 0.25) is 0 Å². The third-order valence-corrected chi connectivity index (χ3v) is 2.16. The van der Waals surface area contributed by atoms with Crippen LogP contribution in [0.1, 0.15) is 53.4 Å². The van der Waals surface area contributed by atoms with Crippen LogP contribution in [-0.4, -0.2) is 12.8 Å². The van der Waals surface area contributed by atoms with E-state index in [2.05, 4.69) is 38.9 Å². The molecule has 0 spiro atoms. The summed E-state index contributed by atoms with van der Waals surface area (Å²) in [5, 5.41) is 0. The minimum Gasteiger partial charge on any atom is -0.297 e. The quantitative estimate of drug-likeness (QED) is 0.530. The summed E-state index contributed by atoms with van der Waals surface area (Å²) in [5.41, 5.74) is 0. The molecular formula is C12H25N.